The molecule has 11 aromatic rings. The van der Waals surface area contributed by atoms with Gasteiger partial charge in [0, 0.05) is 33.4 Å². The molecule has 0 radical (unpaired) electrons. The average Bonchev–Trinajstić information content (AvgIpc) is 3.36. The zero-order valence-electron chi connectivity index (χ0n) is 33.6. The molecule has 0 fully saturated rings. The number of hydrogen-bond acceptors (Lipinski definition) is 5. The summed E-state index contributed by atoms with van der Waals surface area (Å²) in [6.45, 7) is 0. The van der Waals surface area contributed by atoms with E-state index in [2.05, 4.69) is 200 Å². The fraction of sp³-hybridized carbons (Fsp3) is 0. The molecule has 0 spiro atoms. The summed E-state index contributed by atoms with van der Waals surface area (Å²) in [5.74, 6) is 2.53. The van der Waals surface area contributed by atoms with Gasteiger partial charge in [0.05, 0.1) is 11.4 Å². The minimum atomic E-state index is 0.607. The lowest BCUT2D eigenvalue weighted by Crippen LogP contribution is -2.00. The monoisotopic (exact) mass is 791 g/mol. The zero-order valence-corrected chi connectivity index (χ0v) is 33.6. The molecule has 0 N–H and O–H groups in total. The molecule has 0 aliphatic carbocycles. The first kappa shape index (κ1) is 36.7. The van der Waals surface area contributed by atoms with E-state index in [1.54, 1.807) is 0 Å². The molecular formula is C57H37N5. The first-order valence-electron chi connectivity index (χ1n) is 20.7. The number of nitrogens with zero attached hydrogens (tertiary/aromatic N) is 5. The molecule has 0 amide bonds. The van der Waals surface area contributed by atoms with Crippen LogP contribution in [0, 0.1) is 0 Å². The van der Waals surface area contributed by atoms with Gasteiger partial charge in [-0.05, 0) is 74.1 Å². The highest BCUT2D eigenvalue weighted by Gasteiger charge is 2.16. The normalized spacial score (nSPS) is 11.2. The van der Waals surface area contributed by atoms with Gasteiger partial charge in [0.15, 0.2) is 23.3 Å². The molecule has 9 aromatic carbocycles. The second-order valence-corrected chi connectivity index (χ2v) is 15.4. The topological polar surface area (TPSA) is 64.5 Å². The lowest BCUT2D eigenvalue weighted by Gasteiger charge is -2.12. The number of rotatable bonds is 8. The Bertz CT molecular complexity index is 3300. The predicted octanol–water partition coefficient (Wildman–Crippen LogP) is 14.3. The van der Waals surface area contributed by atoms with Crippen molar-refractivity contribution in [2.75, 3.05) is 0 Å². The van der Waals surface area contributed by atoms with Crippen LogP contribution < -0.4 is 0 Å². The summed E-state index contributed by atoms with van der Waals surface area (Å²) >= 11 is 0. The van der Waals surface area contributed by atoms with Crippen LogP contribution in [0.3, 0.4) is 0 Å². The largest absolute Gasteiger partial charge is 0.228 e. The Labute approximate surface area is 359 Å². The highest BCUT2D eigenvalue weighted by Crippen LogP contribution is 2.34. The van der Waals surface area contributed by atoms with Crippen molar-refractivity contribution in [2.45, 2.75) is 0 Å². The highest BCUT2D eigenvalue weighted by atomic mass is 15.0. The van der Waals surface area contributed by atoms with Crippen molar-refractivity contribution >= 4 is 21.5 Å². The molecule has 5 nitrogen and oxygen atoms in total. The Hall–Kier alpha value is -8.41. The molecule has 0 aliphatic heterocycles. The van der Waals surface area contributed by atoms with E-state index in [9.17, 15) is 0 Å². The van der Waals surface area contributed by atoms with Gasteiger partial charge in [-0.1, -0.05) is 194 Å². The Kier molecular flexibility index (Phi) is 9.45. The molecule has 5 heteroatoms. The summed E-state index contributed by atoms with van der Waals surface area (Å²) in [6.07, 6.45) is 0. The van der Waals surface area contributed by atoms with Gasteiger partial charge in [0.2, 0.25) is 0 Å². The maximum atomic E-state index is 5.18. The van der Waals surface area contributed by atoms with Crippen LogP contribution in [-0.4, -0.2) is 24.9 Å². The quantitative estimate of drug-likeness (QED) is 0.153. The molecule has 0 unspecified atom stereocenters. The van der Waals surface area contributed by atoms with Gasteiger partial charge < -0.3 is 0 Å². The van der Waals surface area contributed by atoms with Crippen molar-refractivity contribution in [1.29, 1.82) is 0 Å². The van der Waals surface area contributed by atoms with E-state index in [1.165, 1.54) is 16.3 Å². The van der Waals surface area contributed by atoms with E-state index < -0.39 is 0 Å². The zero-order chi connectivity index (χ0) is 41.2. The third kappa shape index (κ3) is 7.40. The third-order valence-electron chi connectivity index (χ3n) is 11.3. The van der Waals surface area contributed by atoms with Crippen molar-refractivity contribution in [2.24, 2.45) is 0 Å². The number of hydrogen-bond donors (Lipinski definition) is 0. The molecule has 0 saturated heterocycles. The van der Waals surface area contributed by atoms with Crippen LogP contribution in [0.25, 0.3) is 112 Å². The molecule has 2 aromatic heterocycles. The summed E-state index contributed by atoms with van der Waals surface area (Å²) in [4.78, 5) is 25.6. The third-order valence-corrected chi connectivity index (χ3v) is 11.3. The van der Waals surface area contributed by atoms with Crippen LogP contribution in [0.1, 0.15) is 0 Å². The smallest absolute Gasteiger partial charge is 0.164 e. The maximum absolute atomic E-state index is 5.18. The molecule has 0 aliphatic rings. The van der Waals surface area contributed by atoms with Crippen LogP contribution in [0.4, 0.5) is 0 Å². The number of aromatic nitrogens is 5. The van der Waals surface area contributed by atoms with Crippen LogP contribution in [-0.2, 0) is 0 Å². The molecular weight excluding hydrogens is 755 g/mol. The summed E-state index contributed by atoms with van der Waals surface area (Å²) in [7, 11) is 0. The Morgan fingerprint density at radius 2 is 0.532 bits per heavy atom. The second-order valence-electron chi connectivity index (χ2n) is 15.4. The number of fused-ring (bicyclic) bond motifs is 2. The van der Waals surface area contributed by atoms with E-state index in [0.29, 0.717) is 23.3 Å². The predicted molar refractivity (Wildman–Crippen MR) is 254 cm³/mol. The summed E-state index contributed by atoms with van der Waals surface area (Å²) in [5.41, 5.74) is 11.9. The molecule has 0 atom stereocenters. The maximum Gasteiger partial charge on any atom is 0.164 e. The first-order valence-corrected chi connectivity index (χ1v) is 20.7. The van der Waals surface area contributed by atoms with Crippen molar-refractivity contribution in [3.63, 3.8) is 0 Å². The summed E-state index contributed by atoms with van der Waals surface area (Å²) in [6, 6.07) is 77.7. The van der Waals surface area contributed by atoms with Gasteiger partial charge in [0.25, 0.3) is 0 Å². The molecule has 62 heavy (non-hydrogen) atoms. The van der Waals surface area contributed by atoms with E-state index in [0.717, 1.165) is 72.2 Å². The van der Waals surface area contributed by atoms with Crippen molar-refractivity contribution in [1.82, 2.24) is 24.9 Å². The molecule has 2 heterocycles. The minimum Gasteiger partial charge on any atom is -0.228 e. The standard InChI is InChI=1S/C57H37N5/c1-3-13-38(14-4-1)41-25-29-43(30-26-41)54-58-52(42-17-5-2-6-18-42)37-53(59-54)48-23-11-21-46(33-48)47-22-12-24-49(36-47)55-60-56(50-31-27-39-15-7-9-19-44(39)34-50)62-57(61-55)51-32-28-40-16-8-10-20-45(40)35-51/h1-37H. The van der Waals surface area contributed by atoms with Gasteiger partial charge in [-0.15, -0.1) is 0 Å². The van der Waals surface area contributed by atoms with Gasteiger partial charge in [-0.25, -0.2) is 24.9 Å². The van der Waals surface area contributed by atoms with Gasteiger partial charge in [-0.2, -0.15) is 0 Å². The number of benzene rings is 9. The minimum absolute atomic E-state index is 0.607. The van der Waals surface area contributed by atoms with Gasteiger partial charge >= 0.3 is 0 Å². The second kappa shape index (κ2) is 16.0. The Balaban J connectivity index is 0.988. The fourth-order valence-electron chi connectivity index (χ4n) is 8.04. The van der Waals surface area contributed by atoms with Crippen molar-refractivity contribution < 1.29 is 0 Å². The lowest BCUT2D eigenvalue weighted by atomic mass is 9.99. The van der Waals surface area contributed by atoms with E-state index >= 15 is 0 Å². The Morgan fingerprint density at radius 1 is 0.177 bits per heavy atom. The SMILES string of the molecule is c1ccc(-c2ccc(-c3nc(-c4ccccc4)cc(-c4cccc(-c5cccc(-c6nc(-c7ccc8ccccc8c7)nc(-c7ccc8ccccc8c7)n6)c5)c4)n3)cc2)cc1. The van der Waals surface area contributed by atoms with E-state index in [4.69, 9.17) is 24.9 Å². The Morgan fingerprint density at radius 3 is 1.10 bits per heavy atom. The molecule has 0 saturated carbocycles. The lowest BCUT2D eigenvalue weighted by molar-refractivity contribution is 1.08. The summed E-state index contributed by atoms with van der Waals surface area (Å²) in [5, 5.41) is 4.60. The molecule has 11 rings (SSSR count). The molecule has 0 bridgehead atoms. The molecule has 290 valence electrons. The van der Waals surface area contributed by atoms with Gasteiger partial charge in [0.1, 0.15) is 0 Å². The fourth-order valence-corrected chi connectivity index (χ4v) is 8.04. The van der Waals surface area contributed by atoms with Crippen LogP contribution in [0.2, 0.25) is 0 Å². The van der Waals surface area contributed by atoms with Crippen LogP contribution in [0.5, 0.6) is 0 Å². The first-order chi connectivity index (χ1) is 30.7. The van der Waals surface area contributed by atoms with E-state index in [1.807, 2.05) is 24.3 Å². The summed E-state index contributed by atoms with van der Waals surface area (Å²) < 4.78 is 0. The highest BCUT2D eigenvalue weighted by molar-refractivity contribution is 5.88. The van der Waals surface area contributed by atoms with E-state index in [-0.39, 0.29) is 0 Å². The van der Waals surface area contributed by atoms with Crippen molar-refractivity contribution in [3.05, 3.63) is 224 Å². The van der Waals surface area contributed by atoms with Crippen LogP contribution in [0.15, 0.2) is 224 Å². The van der Waals surface area contributed by atoms with Crippen molar-refractivity contribution in [3.8, 4) is 90.3 Å². The van der Waals surface area contributed by atoms with Crippen LogP contribution >= 0.6 is 0 Å². The van der Waals surface area contributed by atoms with Gasteiger partial charge in [-0.3, -0.25) is 0 Å². The average molecular weight is 792 g/mol.